The number of rotatable bonds is 15. The summed E-state index contributed by atoms with van der Waals surface area (Å²) >= 11 is 0. The third-order valence-electron chi connectivity index (χ3n) is 1.96. The van der Waals surface area contributed by atoms with Gasteiger partial charge in [0.1, 0.15) is 0 Å². The van der Waals surface area contributed by atoms with Crippen molar-refractivity contribution < 1.29 is 23.8 Å². The van der Waals surface area contributed by atoms with Gasteiger partial charge in [-0.2, -0.15) is 0 Å². The highest BCUT2D eigenvalue weighted by Gasteiger charge is 1.92. The summed E-state index contributed by atoms with van der Waals surface area (Å²) in [7, 11) is 1.89. The molecule has 7 heteroatoms. The molecule has 0 aliphatic rings. The first-order valence-electron chi connectivity index (χ1n) is 7.19. The highest BCUT2D eigenvalue weighted by Crippen LogP contribution is 1.82. The summed E-state index contributed by atoms with van der Waals surface area (Å²) in [5.41, 5.74) is 0. The lowest BCUT2D eigenvalue weighted by Gasteiger charge is -2.07. The van der Waals surface area contributed by atoms with E-state index in [1.165, 1.54) is 0 Å². The monoisotopic (exact) mass is 296 g/mol. The summed E-state index contributed by atoms with van der Waals surface area (Å²) in [6, 6.07) is 0. The van der Waals surface area contributed by atoms with Crippen LogP contribution in [0.4, 0.5) is 0 Å². The molecule has 0 saturated heterocycles. The fourth-order valence-electron chi connectivity index (χ4n) is 1.04. The largest absolute Gasteiger partial charge is 0.378 e. The molecule has 3 N–H and O–H groups in total. The molecule has 0 aliphatic heterocycles. The number of hydrogen-bond donors (Lipinski definition) is 2. The van der Waals surface area contributed by atoms with E-state index in [1.54, 1.807) is 0 Å². The van der Waals surface area contributed by atoms with Gasteiger partial charge in [-0.1, -0.05) is 13.8 Å². The minimum Gasteiger partial charge on any atom is -0.378 e. The van der Waals surface area contributed by atoms with E-state index in [2.05, 4.69) is 10.2 Å². The van der Waals surface area contributed by atoms with Gasteiger partial charge in [-0.15, -0.1) is 0 Å². The quantitative estimate of drug-likeness (QED) is 0.329. The van der Waals surface area contributed by atoms with Gasteiger partial charge in [-0.3, -0.25) is 0 Å². The van der Waals surface area contributed by atoms with Crippen molar-refractivity contribution in [2.75, 3.05) is 73.1 Å². The van der Waals surface area contributed by atoms with Gasteiger partial charge in [0.15, 0.2) is 0 Å². The summed E-state index contributed by atoms with van der Waals surface area (Å²) < 4.78 is 21.0. The van der Waals surface area contributed by atoms with Crippen LogP contribution >= 0.6 is 0 Å². The number of hydrogen-bond acceptors (Lipinski definition) is 7. The van der Waals surface area contributed by atoms with Crippen molar-refractivity contribution in [3.8, 4) is 0 Å². The Balaban J connectivity index is 0. The van der Waals surface area contributed by atoms with Crippen LogP contribution in [0.1, 0.15) is 13.8 Å². The van der Waals surface area contributed by atoms with Crippen LogP contribution in [0, 0.1) is 0 Å². The summed E-state index contributed by atoms with van der Waals surface area (Å²) in [5, 5.41) is 3.00. The Morgan fingerprint density at radius 2 is 1.00 bits per heavy atom. The van der Waals surface area contributed by atoms with E-state index in [9.17, 15) is 0 Å². The molecule has 0 aliphatic carbocycles. The third kappa shape index (κ3) is 22.9. The SMILES string of the molecule is CC.CNCCOCCOCCOCCOCCON. The van der Waals surface area contributed by atoms with Crippen LogP contribution in [0.3, 0.4) is 0 Å². The Morgan fingerprint density at radius 1 is 0.650 bits per heavy atom. The van der Waals surface area contributed by atoms with E-state index in [0.29, 0.717) is 59.5 Å². The smallest absolute Gasteiger partial charge is 0.0913 e. The molecule has 0 atom stereocenters. The van der Waals surface area contributed by atoms with E-state index in [0.717, 1.165) is 6.54 Å². The zero-order valence-corrected chi connectivity index (χ0v) is 13.2. The van der Waals surface area contributed by atoms with E-state index in [4.69, 9.17) is 24.8 Å². The van der Waals surface area contributed by atoms with E-state index in [1.807, 2.05) is 20.9 Å². The molecule has 0 unspecified atom stereocenters. The molecule has 0 radical (unpaired) electrons. The maximum Gasteiger partial charge on any atom is 0.0913 e. The molecule has 0 bridgehead atoms. The van der Waals surface area contributed by atoms with Gasteiger partial charge in [-0.25, -0.2) is 5.90 Å². The van der Waals surface area contributed by atoms with E-state index in [-0.39, 0.29) is 0 Å². The first-order valence-corrected chi connectivity index (χ1v) is 7.19. The Hall–Kier alpha value is -0.280. The predicted octanol–water partition coefficient (Wildman–Crippen LogP) is 0.189. The predicted molar refractivity (Wildman–Crippen MR) is 78.7 cm³/mol. The molecular formula is C13H32N2O5. The lowest BCUT2D eigenvalue weighted by Crippen LogP contribution is -2.17. The first-order chi connectivity index (χ1) is 9.91. The van der Waals surface area contributed by atoms with Gasteiger partial charge in [0, 0.05) is 6.54 Å². The lowest BCUT2D eigenvalue weighted by molar-refractivity contribution is -0.0109. The molecular weight excluding hydrogens is 264 g/mol. The Kier molecular flexibility index (Phi) is 26.2. The molecule has 0 aromatic rings. The van der Waals surface area contributed by atoms with E-state index < -0.39 is 0 Å². The Bertz CT molecular complexity index is 137. The van der Waals surface area contributed by atoms with Crippen molar-refractivity contribution in [1.82, 2.24) is 5.32 Å². The highest BCUT2D eigenvalue weighted by atomic mass is 16.6. The number of ether oxygens (including phenoxy) is 4. The topological polar surface area (TPSA) is 84.2 Å². The molecule has 0 amide bonds. The van der Waals surface area contributed by atoms with E-state index >= 15 is 0 Å². The normalized spacial score (nSPS) is 10.2. The fourth-order valence-corrected chi connectivity index (χ4v) is 1.04. The van der Waals surface area contributed by atoms with Crippen LogP contribution in [0.25, 0.3) is 0 Å². The van der Waals surface area contributed by atoms with Crippen molar-refractivity contribution in [2.45, 2.75) is 13.8 Å². The summed E-state index contributed by atoms with van der Waals surface area (Å²) in [6.07, 6.45) is 0. The van der Waals surface area contributed by atoms with Crippen LogP contribution in [-0.4, -0.2) is 73.1 Å². The summed E-state index contributed by atoms with van der Waals surface area (Å²) in [4.78, 5) is 4.35. The van der Waals surface area contributed by atoms with Crippen molar-refractivity contribution in [1.29, 1.82) is 0 Å². The minimum absolute atomic E-state index is 0.399. The summed E-state index contributed by atoms with van der Waals surface area (Å²) in [6.45, 7) is 9.88. The van der Waals surface area contributed by atoms with Crippen LogP contribution in [0.2, 0.25) is 0 Å². The van der Waals surface area contributed by atoms with Gasteiger partial charge in [0.2, 0.25) is 0 Å². The average Bonchev–Trinajstić information content (AvgIpc) is 2.50. The molecule has 0 saturated carbocycles. The molecule has 0 rings (SSSR count). The van der Waals surface area contributed by atoms with Crippen molar-refractivity contribution in [2.24, 2.45) is 5.90 Å². The summed E-state index contributed by atoms with van der Waals surface area (Å²) in [5.74, 6) is 4.83. The Morgan fingerprint density at radius 3 is 1.35 bits per heavy atom. The first kappa shape index (κ1) is 22.0. The van der Waals surface area contributed by atoms with Crippen LogP contribution < -0.4 is 11.2 Å². The third-order valence-corrected chi connectivity index (χ3v) is 1.96. The van der Waals surface area contributed by atoms with Crippen LogP contribution in [-0.2, 0) is 23.8 Å². The number of likely N-dealkylation sites (N-methyl/N-ethyl adjacent to an activating group) is 1. The zero-order valence-electron chi connectivity index (χ0n) is 13.2. The second-order valence-electron chi connectivity index (χ2n) is 3.42. The van der Waals surface area contributed by atoms with Crippen molar-refractivity contribution >= 4 is 0 Å². The van der Waals surface area contributed by atoms with Gasteiger partial charge >= 0.3 is 0 Å². The molecule has 0 heterocycles. The molecule has 0 fully saturated rings. The average molecular weight is 296 g/mol. The number of nitrogens with one attached hydrogen (secondary N) is 1. The maximum atomic E-state index is 5.31. The second-order valence-corrected chi connectivity index (χ2v) is 3.42. The maximum absolute atomic E-state index is 5.31. The molecule has 0 spiro atoms. The van der Waals surface area contributed by atoms with Gasteiger partial charge < -0.3 is 29.1 Å². The van der Waals surface area contributed by atoms with Gasteiger partial charge in [-0.05, 0) is 7.05 Å². The van der Waals surface area contributed by atoms with Gasteiger partial charge in [0.25, 0.3) is 0 Å². The molecule has 0 aromatic carbocycles. The molecule has 0 aromatic heterocycles. The standard InChI is InChI=1S/C11H26N2O5.C2H6/c1-13-2-3-14-4-5-15-6-7-16-8-9-17-10-11-18-12;1-2/h13H,2-12H2,1H3;1-2H3. The lowest BCUT2D eigenvalue weighted by atomic mass is 10.6. The molecule has 20 heavy (non-hydrogen) atoms. The van der Waals surface area contributed by atoms with Crippen molar-refractivity contribution in [3.05, 3.63) is 0 Å². The molecule has 7 nitrogen and oxygen atoms in total. The Labute approximate surface area is 123 Å². The minimum atomic E-state index is 0.399. The fraction of sp³-hybridized carbons (Fsp3) is 1.00. The zero-order chi connectivity index (χ0) is 15.3. The van der Waals surface area contributed by atoms with Crippen molar-refractivity contribution in [3.63, 3.8) is 0 Å². The second kappa shape index (κ2) is 23.8. The van der Waals surface area contributed by atoms with Crippen LogP contribution in [0.5, 0.6) is 0 Å². The van der Waals surface area contributed by atoms with Crippen LogP contribution in [0.15, 0.2) is 0 Å². The molecule has 124 valence electrons. The number of nitrogens with two attached hydrogens (primary N) is 1. The van der Waals surface area contributed by atoms with Gasteiger partial charge in [0.05, 0.1) is 59.5 Å². The highest BCUT2D eigenvalue weighted by molar-refractivity contribution is 4.37.